The molecule has 1 atom stereocenters. The molecule has 1 aromatic heterocycles. The summed E-state index contributed by atoms with van der Waals surface area (Å²) in [6, 6.07) is 0.746. The Balaban J connectivity index is 1.71. The van der Waals surface area contributed by atoms with Gasteiger partial charge in [0.15, 0.2) is 5.76 Å². The summed E-state index contributed by atoms with van der Waals surface area (Å²) in [5, 5.41) is 5.23. The van der Waals surface area contributed by atoms with Gasteiger partial charge in [-0.05, 0) is 19.3 Å². The molecular weight excluding hydrogens is 404 g/mol. The van der Waals surface area contributed by atoms with E-state index in [0.29, 0.717) is 12.2 Å². The third kappa shape index (κ3) is 6.26. The second-order valence-electron chi connectivity index (χ2n) is 6.62. The van der Waals surface area contributed by atoms with Gasteiger partial charge < -0.3 is 24.8 Å². The Morgan fingerprint density at radius 2 is 2.00 bits per heavy atom. The van der Waals surface area contributed by atoms with Crippen LogP contribution in [0.5, 0.6) is 0 Å². The number of nitrogens with zero attached hydrogens (tertiary/aromatic N) is 2. The second kappa shape index (κ2) is 10.7. The SMILES string of the molecule is COC(=O)CNC(=O)c1cc(C(=O)NC(CC2=CC=CCC2)C2=COC=CO2)ncn1. The smallest absolute Gasteiger partial charge is 0.325 e. The summed E-state index contributed by atoms with van der Waals surface area (Å²) in [7, 11) is 1.21. The molecule has 1 unspecified atom stereocenters. The van der Waals surface area contributed by atoms with Crippen LogP contribution in [0.2, 0.25) is 0 Å². The molecule has 1 aliphatic carbocycles. The number of aromatic nitrogens is 2. The predicted octanol–water partition coefficient (Wildman–Crippen LogP) is 1.50. The first-order chi connectivity index (χ1) is 15.1. The van der Waals surface area contributed by atoms with E-state index >= 15 is 0 Å². The maximum absolute atomic E-state index is 12.8. The fourth-order valence-electron chi connectivity index (χ4n) is 2.90. The van der Waals surface area contributed by atoms with E-state index in [0.717, 1.165) is 24.7 Å². The van der Waals surface area contributed by atoms with Crippen LogP contribution in [-0.2, 0) is 19.0 Å². The van der Waals surface area contributed by atoms with Gasteiger partial charge in [0, 0.05) is 6.07 Å². The summed E-state index contributed by atoms with van der Waals surface area (Å²) >= 11 is 0. The third-order valence-corrected chi connectivity index (χ3v) is 4.49. The Morgan fingerprint density at radius 1 is 1.19 bits per heavy atom. The molecule has 3 rings (SSSR count). The molecule has 0 aromatic carbocycles. The molecule has 31 heavy (non-hydrogen) atoms. The van der Waals surface area contributed by atoms with Gasteiger partial charge in [0.25, 0.3) is 11.8 Å². The predicted molar refractivity (Wildman–Crippen MR) is 108 cm³/mol. The number of hydrogen-bond donors (Lipinski definition) is 2. The van der Waals surface area contributed by atoms with Crippen molar-refractivity contribution in [1.29, 1.82) is 0 Å². The third-order valence-electron chi connectivity index (χ3n) is 4.49. The lowest BCUT2D eigenvalue weighted by atomic mass is 9.97. The molecule has 162 valence electrons. The normalized spacial score (nSPS) is 15.5. The topological polar surface area (TPSA) is 129 Å². The number of rotatable bonds is 8. The zero-order chi connectivity index (χ0) is 22.1. The summed E-state index contributed by atoms with van der Waals surface area (Å²) < 4.78 is 15.1. The van der Waals surface area contributed by atoms with E-state index < -0.39 is 23.8 Å². The highest BCUT2D eigenvalue weighted by Crippen LogP contribution is 2.22. The molecule has 10 heteroatoms. The van der Waals surface area contributed by atoms with E-state index in [-0.39, 0.29) is 17.9 Å². The Labute approximate surface area is 178 Å². The van der Waals surface area contributed by atoms with Gasteiger partial charge in [-0.25, -0.2) is 9.97 Å². The number of carbonyl (C=O) groups excluding carboxylic acids is 3. The van der Waals surface area contributed by atoms with Crippen LogP contribution < -0.4 is 10.6 Å². The van der Waals surface area contributed by atoms with Crippen LogP contribution in [0.15, 0.2) is 60.7 Å². The zero-order valence-corrected chi connectivity index (χ0v) is 16.9. The lowest BCUT2D eigenvalue weighted by Gasteiger charge is -2.23. The van der Waals surface area contributed by atoms with Crippen molar-refractivity contribution in [2.24, 2.45) is 0 Å². The standard InChI is InChI=1S/C21H22N4O6/c1-29-19(26)11-22-20(27)16-10-17(24-13-23-16)21(28)25-15(18-12-30-7-8-31-18)9-14-5-3-2-4-6-14/h2-3,5,7-8,10,12-13,15H,4,6,9,11H2,1H3,(H,22,27)(H,25,28). The largest absolute Gasteiger partial charge is 0.468 e. The van der Waals surface area contributed by atoms with Gasteiger partial charge in [-0.15, -0.1) is 0 Å². The van der Waals surface area contributed by atoms with Gasteiger partial charge in [0.05, 0.1) is 13.2 Å². The number of ether oxygens (including phenoxy) is 3. The van der Waals surface area contributed by atoms with Crippen molar-refractivity contribution in [3.63, 3.8) is 0 Å². The number of carbonyl (C=O) groups is 3. The first kappa shape index (κ1) is 21.8. The monoisotopic (exact) mass is 426 g/mol. The average Bonchev–Trinajstić information content (AvgIpc) is 2.83. The molecule has 1 aliphatic heterocycles. The van der Waals surface area contributed by atoms with Crippen molar-refractivity contribution in [3.05, 3.63) is 72.1 Å². The quantitative estimate of drug-likeness (QED) is 0.599. The maximum atomic E-state index is 12.8. The highest BCUT2D eigenvalue weighted by molar-refractivity contribution is 5.98. The van der Waals surface area contributed by atoms with Gasteiger partial charge in [0.1, 0.15) is 43.0 Å². The van der Waals surface area contributed by atoms with Gasteiger partial charge in [-0.2, -0.15) is 0 Å². The number of allylic oxidation sites excluding steroid dienone is 3. The number of nitrogens with one attached hydrogen (secondary N) is 2. The first-order valence-corrected chi connectivity index (χ1v) is 9.56. The van der Waals surface area contributed by atoms with E-state index in [2.05, 4.69) is 31.4 Å². The number of amides is 2. The molecule has 2 aliphatic rings. The second-order valence-corrected chi connectivity index (χ2v) is 6.62. The van der Waals surface area contributed by atoms with Crippen LogP contribution in [-0.4, -0.2) is 47.4 Å². The van der Waals surface area contributed by atoms with Crippen molar-refractivity contribution in [2.75, 3.05) is 13.7 Å². The molecule has 0 fully saturated rings. The Morgan fingerprint density at radius 3 is 2.68 bits per heavy atom. The van der Waals surface area contributed by atoms with Crippen molar-refractivity contribution in [3.8, 4) is 0 Å². The maximum Gasteiger partial charge on any atom is 0.325 e. The fourth-order valence-corrected chi connectivity index (χ4v) is 2.90. The number of esters is 1. The lowest BCUT2D eigenvalue weighted by Crippen LogP contribution is -2.38. The Bertz CT molecular complexity index is 966. The van der Waals surface area contributed by atoms with Crippen LogP contribution in [0.3, 0.4) is 0 Å². The minimum absolute atomic E-state index is 0.00592. The van der Waals surface area contributed by atoms with E-state index in [4.69, 9.17) is 9.47 Å². The summed E-state index contributed by atoms with van der Waals surface area (Å²) in [6.45, 7) is -0.314. The highest BCUT2D eigenvalue weighted by Gasteiger charge is 2.24. The molecule has 0 spiro atoms. The molecular formula is C21H22N4O6. The van der Waals surface area contributed by atoms with Crippen molar-refractivity contribution in [1.82, 2.24) is 20.6 Å². The van der Waals surface area contributed by atoms with Crippen LogP contribution in [0.25, 0.3) is 0 Å². The molecule has 0 saturated heterocycles. The summed E-state index contributed by atoms with van der Waals surface area (Å²) in [6.07, 6.45) is 13.7. The minimum atomic E-state index is -0.630. The van der Waals surface area contributed by atoms with Gasteiger partial charge in [-0.1, -0.05) is 23.8 Å². The van der Waals surface area contributed by atoms with Crippen molar-refractivity contribution >= 4 is 17.8 Å². The number of hydrogen-bond acceptors (Lipinski definition) is 8. The molecule has 2 N–H and O–H groups in total. The number of methoxy groups -OCH3 is 1. The molecule has 2 amide bonds. The first-order valence-electron chi connectivity index (χ1n) is 9.56. The van der Waals surface area contributed by atoms with Crippen LogP contribution in [0.4, 0.5) is 0 Å². The van der Waals surface area contributed by atoms with Crippen molar-refractivity contribution < 1.29 is 28.6 Å². The van der Waals surface area contributed by atoms with E-state index in [1.165, 1.54) is 32.0 Å². The molecule has 0 saturated carbocycles. The summed E-state index contributed by atoms with van der Waals surface area (Å²) in [5.74, 6) is -1.31. The summed E-state index contributed by atoms with van der Waals surface area (Å²) in [5.41, 5.74) is 1.09. The minimum Gasteiger partial charge on any atom is -0.468 e. The van der Waals surface area contributed by atoms with E-state index in [9.17, 15) is 14.4 Å². The Hall–Kier alpha value is -3.95. The van der Waals surface area contributed by atoms with Crippen LogP contribution >= 0.6 is 0 Å². The molecule has 1 aromatic rings. The summed E-state index contributed by atoms with van der Waals surface area (Å²) in [4.78, 5) is 44.0. The van der Waals surface area contributed by atoms with Crippen molar-refractivity contribution in [2.45, 2.75) is 25.3 Å². The van der Waals surface area contributed by atoms with E-state index in [1.54, 1.807) is 0 Å². The van der Waals surface area contributed by atoms with Gasteiger partial charge in [-0.3, -0.25) is 14.4 Å². The lowest BCUT2D eigenvalue weighted by molar-refractivity contribution is -0.139. The highest BCUT2D eigenvalue weighted by atomic mass is 16.5. The Kier molecular flexibility index (Phi) is 7.52. The average molecular weight is 426 g/mol. The van der Waals surface area contributed by atoms with Crippen LogP contribution in [0.1, 0.15) is 40.2 Å². The molecule has 0 bridgehead atoms. The molecule has 10 nitrogen and oxygen atoms in total. The molecule has 0 radical (unpaired) electrons. The molecule has 2 heterocycles. The zero-order valence-electron chi connectivity index (χ0n) is 16.9. The van der Waals surface area contributed by atoms with Gasteiger partial charge in [0.2, 0.25) is 0 Å². The fraction of sp³-hybridized carbons (Fsp3) is 0.286. The van der Waals surface area contributed by atoms with E-state index in [1.807, 2.05) is 12.2 Å². The van der Waals surface area contributed by atoms with Gasteiger partial charge >= 0.3 is 5.97 Å². The van der Waals surface area contributed by atoms with Crippen LogP contribution in [0, 0.1) is 0 Å².